The van der Waals surface area contributed by atoms with E-state index in [1.165, 1.54) is 6.20 Å². The van der Waals surface area contributed by atoms with Crippen LogP contribution in [0.4, 0.5) is 5.69 Å². The number of hydrogen-bond donors (Lipinski definition) is 2. The molecule has 4 heteroatoms. The summed E-state index contributed by atoms with van der Waals surface area (Å²) in [5.74, 6) is -0.137. The Bertz CT molecular complexity index is 491. The summed E-state index contributed by atoms with van der Waals surface area (Å²) in [5.41, 5.74) is 2.57. The molecule has 88 valence electrons. The lowest BCUT2D eigenvalue weighted by molar-refractivity contribution is 0.102. The molecule has 0 unspecified atom stereocenters. The molecule has 0 saturated carbocycles. The molecule has 1 aromatic heterocycles. The van der Waals surface area contributed by atoms with E-state index in [1.54, 1.807) is 6.20 Å². The van der Waals surface area contributed by atoms with Gasteiger partial charge < -0.3 is 5.32 Å². The third-order valence-corrected chi connectivity index (χ3v) is 2.55. The molecule has 0 saturated heterocycles. The van der Waals surface area contributed by atoms with Gasteiger partial charge in [-0.05, 0) is 18.1 Å². The van der Waals surface area contributed by atoms with Crippen LogP contribution >= 0.6 is 0 Å². The van der Waals surface area contributed by atoms with E-state index < -0.39 is 0 Å². The number of H-pyrrole nitrogens is 1. The first kappa shape index (κ1) is 11.4. The molecule has 0 aliphatic heterocycles. The van der Waals surface area contributed by atoms with E-state index in [1.807, 2.05) is 24.3 Å². The summed E-state index contributed by atoms with van der Waals surface area (Å²) in [6.45, 7) is 2.12. The van der Waals surface area contributed by atoms with Gasteiger partial charge in [0.05, 0.1) is 11.8 Å². The Kier molecular flexibility index (Phi) is 3.55. The van der Waals surface area contributed by atoms with Crippen LogP contribution in [-0.4, -0.2) is 16.1 Å². The molecule has 2 N–H and O–H groups in total. The van der Waals surface area contributed by atoms with Gasteiger partial charge >= 0.3 is 0 Å². The Morgan fingerprint density at radius 2 is 2.24 bits per heavy atom. The maximum Gasteiger partial charge on any atom is 0.258 e. The lowest BCUT2D eigenvalue weighted by Gasteiger charge is -2.09. The van der Waals surface area contributed by atoms with Crippen LogP contribution in [0.25, 0.3) is 0 Å². The molecular weight excluding hydrogens is 214 g/mol. The lowest BCUT2D eigenvalue weighted by Crippen LogP contribution is -2.12. The number of aryl methyl sites for hydroxylation is 1. The minimum atomic E-state index is -0.137. The van der Waals surface area contributed by atoms with E-state index in [9.17, 15) is 4.79 Å². The number of aromatic nitrogens is 2. The number of carbonyl (C=O) groups is 1. The zero-order chi connectivity index (χ0) is 12.1. The standard InChI is InChI=1S/C13H15N3O/c1-2-5-10-6-3-4-7-12(10)16-13(17)11-8-14-15-9-11/h3-4,6-9H,2,5H2,1H3,(H,14,15)(H,16,17). The highest BCUT2D eigenvalue weighted by Gasteiger charge is 2.08. The van der Waals surface area contributed by atoms with Crippen LogP contribution in [-0.2, 0) is 6.42 Å². The fourth-order valence-corrected chi connectivity index (χ4v) is 1.70. The monoisotopic (exact) mass is 229 g/mol. The third-order valence-electron chi connectivity index (χ3n) is 2.55. The van der Waals surface area contributed by atoms with Gasteiger partial charge in [-0.3, -0.25) is 9.89 Å². The minimum absolute atomic E-state index is 0.137. The summed E-state index contributed by atoms with van der Waals surface area (Å²) < 4.78 is 0. The van der Waals surface area contributed by atoms with Gasteiger partial charge in [-0.2, -0.15) is 5.10 Å². The Balaban J connectivity index is 2.15. The first-order valence-corrected chi connectivity index (χ1v) is 5.69. The largest absolute Gasteiger partial charge is 0.322 e. The molecule has 0 aliphatic carbocycles. The molecule has 0 spiro atoms. The van der Waals surface area contributed by atoms with Gasteiger partial charge in [-0.1, -0.05) is 31.5 Å². The number of aromatic amines is 1. The summed E-state index contributed by atoms with van der Waals surface area (Å²) in [4.78, 5) is 11.9. The Morgan fingerprint density at radius 1 is 1.41 bits per heavy atom. The quantitative estimate of drug-likeness (QED) is 0.846. The summed E-state index contributed by atoms with van der Waals surface area (Å²) >= 11 is 0. The zero-order valence-corrected chi connectivity index (χ0v) is 9.73. The van der Waals surface area contributed by atoms with Crippen LogP contribution in [0, 0.1) is 0 Å². The van der Waals surface area contributed by atoms with E-state index in [2.05, 4.69) is 22.4 Å². The molecule has 0 radical (unpaired) electrons. The average Bonchev–Trinajstić information content (AvgIpc) is 2.85. The van der Waals surface area contributed by atoms with Gasteiger partial charge in [0.25, 0.3) is 5.91 Å². The van der Waals surface area contributed by atoms with Crippen molar-refractivity contribution in [2.45, 2.75) is 19.8 Å². The number of hydrogen-bond acceptors (Lipinski definition) is 2. The van der Waals surface area contributed by atoms with Crippen molar-refractivity contribution in [1.82, 2.24) is 10.2 Å². The van der Waals surface area contributed by atoms with Crippen LogP contribution in [0.1, 0.15) is 29.3 Å². The summed E-state index contributed by atoms with van der Waals surface area (Å²) in [6, 6.07) is 7.86. The molecule has 2 aromatic rings. The molecular formula is C13H15N3O. The number of anilines is 1. The number of nitrogens with zero attached hydrogens (tertiary/aromatic N) is 1. The highest BCUT2D eigenvalue weighted by atomic mass is 16.1. The number of nitrogens with one attached hydrogen (secondary N) is 2. The molecule has 2 rings (SSSR count). The van der Waals surface area contributed by atoms with E-state index >= 15 is 0 Å². The fourth-order valence-electron chi connectivity index (χ4n) is 1.70. The Hall–Kier alpha value is -2.10. The minimum Gasteiger partial charge on any atom is -0.322 e. The smallest absolute Gasteiger partial charge is 0.258 e. The molecule has 0 atom stereocenters. The highest BCUT2D eigenvalue weighted by molar-refractivity contribution is 6.04. The average molecular weight is 229 g/mol. The summed E-state index contributed by atoms with van der Waals surface area (Å²) in [5, 5.41) is 9.28. The number of amides is 1. The Morgan fingerprint density at radius 3 is 2.94 bits per heavy atom. The highest BCUT2D eigenvalue weighted by Crippen LogP contribution is 2.17. The SMILES string of the molecule is CCCc1ccccc1NC(=O)c1cn[nH]c1. The number of carbonyl (C=O) groups excluding carboxylic acids is 1. The van der Waals surface area contributed by atoms with Crippen molar-refractivity contribution in [2.24, 2.45) is 0 Å². The maximum absolute atomic E-state index is 11.9. The third kappa shape index (κ3) is 2.72. The van der Waals surface area contributed by atoms with Gasteiger partial charge in [-0.25, -0.2) is 0 Å². The second-order valence-corrected chi connectivity index (χ2v) is 3.85. The number of benzene rings is 1. The van der Waals surface area contributed by atoms with Crippen LogP contribution in [0.5, 0.6) is 0 Å². The molecule has 4 nitrogen and oxygen atoms in total. The molecule has 1 aromatic carbocycles. The van der Waals surface area contributed by atoms with Crippen molar-refractivity contribution in [3.8, 4) is 0 Å². The fraction of sp³-hybridized carbons (Fsp3) is 0.231. The molecule has 0 fully saturated rings. The summed E-state index contributed by atoms with van der Waals surface area (Å²) in [7, 11) is 0. The van der Waals surface area contributed by atoms with Gasteiger partial charge in [0.15, 0.2) is 0 Å². The van der Waals surface area contributed by atoms with Gasteiger partial charge in [0, 0.05) is 11.9 Å². The molecule has 1 amide bonds. The van der Waals surface area contributed by atoms with Crippen molar-refractivity contribution in [2.75, 3.05) is 5.32 Å². The van der Waals surface area contributed by atoms with Crippen LogP contribution in [0.3, 0.4) is 0 Å². The van der Waals surface area contributed by atoms with Crippen molar-refractivity contribution < 1.29 is 4.79 Å². The van der Waals surface area contributed by atoms with Gasteiger partial charge in [0.1, 0.15) is 0 Å². The first-order valence-electron chi connectivity index (χ1n) is 5.69. The predicted octanol–water partition coefficient (Wildman–Crippen LogP) is 2.61. The topological polar surface area (TPSA) is 57.8 Å². The predicted molar refractivity (Wildman–Crippen MR) is 67.0 cm³/mol. The second-order valence-electron chi connectivity index (χ2n) is 3.85. The lowest BCUT2D eigenvalue weighted by atomic mass is 10.1. The number of para-hydroxylation sites is 1. The molecule has 17 heavy (non-hydrogen) atoms. The van der Waals surface area contributed by atoms with E-state index in [4.69, 9.17) is 0 Å². The first-order chi connectivity index (χ1) is 8.31. The van der Waals surface area contributed by atoms with Crippen molar-refractivity contribution in [1.29, 1.82) is 0 Å². The number of rotatable bonds is 4. The van der Waals surface area contributed by atoms with Gasteiger partial charge in [0.2, 0.25) is 0 Å². The normalized spacial score (nSPS) is 10.2. The molecule has 1 heterocycles. The van der Waals surface area contributed by atoms with E-state index in [-0.39, 0.29) is 5.91 Å². The van der Waals surface area contributed by atoms with Crippen molar-refractivity contribution in [3.05, 3.63) is 47.8 Å². The van der Waals surface area contributed by atoms with Crippen LogP contribution in [0.15, 0.2) is 36.7 Å². The summed E-state index contributed by atoms with van der Waals surface area (Å²) in [6.07, 6.45) is 5.11. The molecule has 0 aliphatic rings. The van der Waals surface area contributed by atoms with E-state index in [0.29, 0.717) is 5.56 Å². The Labute approximate surface area is 100 Å². The van der Waals surface area contributed by atoms with Crippen LogP contribution < -0.4 is 5.32 Å². The molecule has 0 bridgehead atoms. The van der Waals surface area contributed by atoms with Crippen LogP contribution in [0.2, 0.25) is 0 Å². The van der Waals surface area contributed by atoms with Crippen molar-refractivity contribution in [3.63, 3.8) is 0 Å². The maximum atomic E-state index is 11.9. The second kappa shape index (κ2) is 5.30. The van der Waals surface area contributed by atoms with Crippen molar-refractivity contribution >= 4 is 11.6 Å². The van der Waals surface area contributed by atoms with Gasteiger partial charge in [-0.15, -0.1) is 0 Å². The van der Waals surface area contributed by atoms with E-state index in [0.717, 1.165) is 24.1 Å². The zero-order valence-electron chi connectivity index (χ0n) is 9.73.